The Morgan fingerprint density at radius 2 is 2.13 bits per heavy atom. The number of amides is 1. The molecule has 1 atom stereocenters. The molecule has 1 aromatic carbocycles. The number of H-pyrrole nitrogens is 1. The molecule has 1 amide bonds. The Hall–Kier alpha value is -1.36. The highest BCUT2D eigenvalue weighted by Crippen LogP contribution is 2.31. The third kappa shape index (κ3) is 3.94. The summed E-state index contributed by atoms with van der Waals surface area (Å²) in [6, 6.07) is 5.98. The minimum absolute atomic E-state index is 0.0916. The molecule has 0 saturated heterocycles. The fourth-order valence-electron chi connectivity index (χ4n) is 3.58. The smallest absolute Gasteiger partial charge is 0.272 e. The molecule has 3 rings (SSSR count). The van der Waals surface area contributed by atoms with Crippen LogP contribution in [0.2, 0.25) is 0 Å². The number of aromatic nitrogens is 2. The lowest BCUT2D eigenvalue weighted by molar-refractivity contribution is 0.0928. The van der Waals surface area contributed by atoms with Crippen molar-refractivity contribution in [3.63, 3.8) is 0 Å². The van der Waals surface area contributed by atoms with Gasteiger partial charge in [-0.3, -0.25) is 9.89 Å². The molecule has 1 unspecified atom stereocenters. The lowest BCUT2D eigenvalue weighted by Crippen LogP contribution is -2.35. The predicted molar refractivity (Wildman–Crippen MR) is 96.5 cm³/mol. The monoisotopic (exact) mass is 377 g/mol. The van der Waals surface area contributed by atoms with Crippen molar-refractivity contribution in [3.05, 3.63) is 28.4 Å². The largest absolute Gasteiger partial charge is 0.348 e. The van der Waals surface area contributed by atoms with Gasteiger partial charge in [0, 0.05) is 15.9 Å². The molecule has 5 heteroatoms. The number of halogens is 1. The van der Waals surface area contributed by atoms with E-state index >= 15 is 0 Å². The first kappa shape index (κ1) is 16.5. The SMILES string of the molecule is CC1CCC(CC(C)NC(=O)c2n[nH]c3ccc(Br)cc23)CC1. The van der Waals surface area contributed by atoms with Crippen LogP contribution in [0.5, 0.6) is 0 Å². The predicted octanol–water partition coefficient (Wildman–Crippen LogP) is 4.66. The summed E-state index contributed by atoms with van der Waals surface area (Å²) in [5.74, 6) is 1.52. The van der Waals surface area contributed by atoms with Crippen molar-refractivity contribution >= 4 is 32.7 Å². The average Bonchev–Trinajstić information content (AvgIpc) is 2.92. The van der Waals surface area contributed by atoms with Crippen molar-refractivity contribution in [1.82, 2.24) is 15.5 Å². The Balaban J connectivity index is 1.62. The molecule has 1 aliphatic carbocycles. The van der Waals surface area contributed by atoms with Gasteiger partial charge >= 0.3 is 0 Å². The van der Waals surface area contributed by atoms with Gasteiger partial charge in [0.2, 0.25) is 0 Å². The molecule has 23 heavy (non-hydrogen) atoms. The molecule has 1 saturated carbocycles. The van der Waals surface area contributed by atoms with E-state index in [0.29, 0.717) is 5.69 Å². The second-order valence-electron chi connectivity index (χ2n) is 7.00. The van der Waals surface area contributed by atoms with E-state index in [4.69, 9.17) is 0 Å². The lowest BCUT2D eigenvalue weighted by Gasteiger charge is -2.28. The van der Waals surface area contributed by atoms with Crippen molar-refractivity contribution in [3.8, 4) is 0 Å². The third-order valence-electron chi connectivity index (χ3n) is 4.94. The van der Waals surface area contributed by atoms with Gasteiger partial charge in [0.25, 0.3) is 5.91 Å². The van der Waals surface area contributed by atoms with Gasteiger partial charge in [0.05, 0.1) is 5.52 Å². The summed E-state index contributed by atoms with van der Waals surface area (Å²) >= 11 is 3.45. The van der Waals surface area contributed by atoms with Crippen LogP contribution in [0.4, 0.5) is 0 Å². The number of carbonyl (C=O) groups excluding carboxylic acids is 1. The van der Waals surface area contributed by atoms with Gasteiger partial charge < -0.3 is 5.32 Å². The van der Waals surface area contributed by atoms with E-state index in [0.717, 1.165) is 33.6 Å². The van der Waals surface area contributed by atoms with Crippen LogP contribution in [0.25, 0.3) is 10.9 Å². The molecule has 2 aromatic rings. The van der Waals surface area contributed by atoms with Crippen LogP contribution < -0.4 is 5.32 Å². The number of hydrogen-bond donors (Lipinski definition) is 2. The maximum atomic E-state index is 12.5. The zero-order chi connectivity index (χ0) is 16.4. The second-order valence-corrected chi connectivity index (χ2v) is 7.91. The number of hydrogen-bond acceptors (Lipinski definition) is 2. The summed E-state index contributed by atoms with van der Waals surface area (Å²) in [4.78, 5) is 12.5. The standard InChI is InChI=1S/C18H24BrN3O/c1-11-3-5-13(6-4-11)9-12(2)20-18(23)17-15-10-14(19)7-8-16(15)21-22-17/h7-8,10-13H,3-6,9H2,1-2H3,(H,20,23)(H,21,22). The molecule has 0 spiro atoms. The van der Waals surface area contributed by atoms with E-state index in [-0.39, 0.29) is 11.9 Å². The fraction of sp³-hybridized carbons (Fsp3) is 0.556. The topological polar surface area (TPSA) is 57.8 Å². The zero-order valence-corrected chi connectivity index (χ0v) is 15.3. The highest BCUT2D eigenvalue weighted by Gasteiger charge is 2.22. The van der Waals surface area contributed by atoms with E-state index in [1.807, 2.05) is 18.2 Å². The maximum Gasteiger partial charge on any atom is 0.272 e. The van der Waals surface area contributed by atoms with Crippen LogP contribution in [-0.4, -0.2) is 22.1 Å². The van der Waals surface area contributed by atoms with Gasteiger partial charge in [0.1, 0.15) is 0 Å². The number of nitrogens with zero attached hydrogens (tertiary/aromatic N) is 1. The molecule has 1 aromatic heterocycles. The molecule has 2 N–H and O–H groups in total. The first-order valence-corrected chi connectivity index (χ1v) is 9.26. The third-order valence-corrected chi connectivity index (χ3v) is 5.43. The van der Waals surface area contributed by atoms with Gasteiger partial charge in [-0.15, -0.1) is 0 Å². The van der Waals surface area contributed by atoms with Crippen LogP contribution in [0.3, 0.4) is 0 Å². The summed E-state index contributed by atoms with van der Waals surface area (Å²) in [7, 11) is 0. The first-order chi connectivity index (χ1) is 11.0. The molecule has 1 fully saturated rings. The summed E-state index contributed by atoms with van der Waals surface area (Å²) in [5.41, 5.74) is 1.36. The minimum Gasteiger partial charge on any atom is -0.348 e. The van der Waals surface area contributed by atoms with Crippen LogP contribution in [0.1, 0.15) is 56.4 Å². The Bertz CT molecular complexity index is 689. The average molecular weight is 378 g/mol. The summed E-state index contributed by atoms with van der Waals surface area (Å²) in [6.07, 6.45) is 6.29. The van der Waals surface area contributed by atoms with Gasteiger partial charge in [-0.1, -0.05) is 48.5 Å². The molecule has 1 heterocycles. The van der Waals surface area contributed by atoms with Crippen molar-refractivity contribution < 1.29 is 4.79 Å². The number of nitrogens with one attached hydrogen (secondary N) is 2. The lowest BCUT2D eigenvalue weighted by atomic mass is 9.80. The van der Waals surface area contributed by atoms with Crippen molar-refractivity contribution in [2.75, 3.05) is 0 Å². The summed E-state index contributed by atoms with van der Waals surface area (Å²) in [5, 5.41) is 11.1. The van der Waals surface area contributed by atoms with Gasteiger partial charge in [-0.05, 0) is 43.4 Å². The second kappa shape index (κ2) is 7.04. The molecule has 0 bridgehead atoms. The van der Waals surface area contributed by atoms with E-state index in [1.54, 1.807) is 0 Å². The normalized spacial score (nSPS) is 22.9. The zero-order valence-electron chi connectivity index (χ0n) is 13.7. The molecule has 0 aliphatic heterocycles. The van der Waals surface area contributed by atoms with E-state index in [9.17, 15) is 4.79 Å². The minimum atomic E-state index is -0.0916. The number of rotatable bonds is 4. The molecule has 1 aliphatic rings. The highest BCUT2D eigenvalue weighted by molar-refractivity contribution is 9.10. The Morgan fingerprint density at radius 1 is 1.39 bits per heavy atom. The van der Waals surface area contributed by atoms with Crippen LogP contribution >= 0.6 is 15.9 Å². The Labute approximate surface area is 145 Å². The molecular formula is C18H24BrN3O. The quantitative estimate of drug-likeness (QED) is 0.813. The van der Waals surface area contributed by atoms with Crippen molar-refractivity contribution in [1.29, 1.82) is 0 Å². The fourth-order valence-corrected chi connectivity index (χ4v) is 3.94. The van der Waals surface area contributed by atoms with Crippen molar-refractivity contribution in [2.24, 2.45) is 11.8 Å². The maximum absolute atomic E-state index is 12.5. The van der Waals surface area contributed by atoms with E-state index < -0.39 is 0 Å². The van der Waals surface area contributed by atoms with Crippen LogP contribution in [-0.2, 0) is 0 Å². The Kier molecular flexibility index (Phi) is 5.05. The molecule has 124 valence electrons. The van der Waals surface area contributed by atoms with E-state index in [1.165, 1.54) is 25.7 Å². The van der Waals surface area contributed by atoms with Gasteiger partial charge in [0.15, 0.2) is 5.69 Å². The van der Waals surface area contributed by atoms with Gasteiger partial charge in [-0.2, -0.15) is 5.10 Å². The van der Waals surface area contributed by atoms with Crippen molar-refractivity contribution in [2.45, 2.75) is 52.0 Å². The number of aromatic amines is 1. The summed E-state index contributed by atoms with van der Waals surface area (Å²) < 4.78 is 0.949. The number of carbonyl (C=O) groups is 1. The number of benzene rings is 1. The van der Waals surface area contributed by atoms with E-state index in [2.05, 4.69) is 45.3 Å². The molecular weight excluding hydrogens is 354 g/mol. The van der Waals surface area contributed by atoms with Crippen LogP contribution in [0, 0.1) is 11.8 Å². The number of fused-ring (bicyclic) bond motifs is 1. The van der Waals surface area contributed by atoms with Crippen LogP contribution in [0.15, 0.2) is 22.7 Å². The summed E-state index contributed by atoms with van der Waals surface area (Å²) in [6.45, 7) is 4.43. The Morgan fingerprint density at radius 3 is 2.87 bits per heavy atom. The van der Waals surface area contributed by atoms with Gasteiger partial charge in [-0.25, -0.2) is 0 Å². The molecule has 4 nitrogen and oxygen atoms in total. The molecule has 0 radical (unpaired) electrons. The first-order valence-electron chi connectivity index (χ1n) is 8.47. The highest BCUT2D eigenvalue weighted by atomic mass is 79.9.